The van der Waals surface area contributed by atoms with Crippen molar-refractivity contribution in [1.29, 1.82) is 0 Å². The Morgan fingerprint density at radius 3 is 2.62 bits per heavy atom. The average molecular weight is 361 g/mol. The summed E-state index contributed by atoms with van der Waals surface area (Å²) in [5.41, 5.74) is 3.14. The Hall–Kier alpha value is -2.04. The highest BCUT2D eigenvalue weighted by Gasteiger charge is 2.38. The first kappa shape index (κ1) is 15.5. The smallest absolute Gasteiger partial charge is 0.269 e. The molecule has 24 heavy (non-hydrogen) atoms. The van der Waals surface area contributed by atoms with Crippen LogP contribution in [-0.4, -0.2) is 4.92 Å². The van der Waals surface area contributed by atoms with Crippen molar-refractivity contribution in [2.24, 2.45) is 5.92 Å². The van der Waals surface area contributed by atoms with Crippen molar-refractivity contribution in [2.45, 2.75) is 18.4 Å². The number of halogens is 2. The van der Waals surface area contributed by atoms with Crippen molar-refractivity contribution in [2.75, 3.05) is 5.32 Å². The number of nitrogens with one attached hydrogen (secondary N) is 1. The van der Waals surface area contributed by atoms with Gasteiger partial charge in [-0.05, 0) is 35.6 Å². The normalized spacial score (nSPS) is 24.2. The van der Waals surface area contributed by atoms with E-state index in [2.05, 4.69) is 17.5 Å². The summed E-state index contributed by atoms with van der Waals surface area (Å²) >= 11 is 12.6. The third kappa shape index (κ3) is 2.46. The van der Waals surface area contributed by atoms with Crippen LogP contribution < -0.4 is 5.32 Å². The zero-order chi connectivity index (χ0) is 16.8. The summed E-state index contributed by atoms with van der Waals surface area (Å²) in [6, 6.07) is 10.5. The van der Waals surface area contributed by atoms with Crippen molar-refractivity contribution >= 4 is 34.6 Å². The van der Waals surface area contributed by atoms with Gasteiger partial charge in [-0.3, -0.25) is 10.1 Å². The average Bonchev–Trinajstić information content (AvgIpc) is 3.04. The second kappa shape index (κ2) is 5.80. The van der Waals surface area contributed by atoms with Crippen molar-refractivity contribution < 1.29 is 4.92 Å². The summed E-state index contributed by atoms with van der Waals surface area (Å²) in [4.78, 5) is 10.5. The highest BCUT2D eigenvalue weighted by molar-refractivity contribution is 6.36. The van der Waals surface area contributed by atoms with Crippen LogP contribution in [-0.2, 0) is 0 Å². The molecule has 2 aliphatic rings. The molecule has 0 radical (unpaired) electrons. The first-order valence-electron chi connectivity index (χ1n) is 7.71. The maximum absolute atomic E-state index is 10.9. The Morgan fingerprint density at radius 2 is 1.92 bits per heavy atom. The van der Waals surface area contributed by atoms with Gasteiger partial charge in [-0.25, -0.2) is 0 Å². The van der Waals surface area contributed by atoms with E-state index in [4.69, 9.17) is 23.2 Å². The maximum atomic E-state index is 10.9. The standard InChI is InChI=1S/C18H14Cl2N2O2/c19-11-8-15-13-2-1-3-14(13)17(21-18(15)16(20)9-11)10-4-6-12(7-5-10)22(23)24/h1-2,4-9,13-14,17,21H,3H2. The zero-order valence-electron chi connectivity index (χ0n) is 12.6. The number of anilines is 1. The van der Waals surface area contributed by atoms with Crippen LogP contribution >= 0.6 is 23.2 Å². The topological polar surface area (TPSA) is 55.2 Å². The molecule has 0 spiro atoms. The molecular weight excluding hydrogens is 347 g/mol. The molecule has 0 fully saturated rings. The van der Waals surface area contributed by atoms with Gasteiger partial charge in [-0.2, -0.15) is 0 Å². The fourth-order valence-corrected chi connectivity index (χ4v) is 4.32. The molecule has 2 aromatic carbocycles. The number of allylic oxidation sites excluding steroid dienone is 2. The molecule has 4 nitrogen and oxygen atoms in total. The molecule has 6 heteroatoms. The Kier molecular flexibility index (Phi) is 3.74. The quantitative estimate of drug-likeness (QED) is 0.422. The van der Waals surface area contributed by atoms with E-state index in [-0.39, 0.29) is 22.6 Å². The molecule has 4 rings (SSSR count). The molecule has 1 heterocycles. The van der Waals surface area contributed by atoms with E-state index < -0.39 is 0 Å². The molecule has 1 aliphatic heterocycles. The highest BCUT2D eigenvalue weighted by Crippen LogP contribution is 2.52. The number of benzene rings is 2. The van der Waals surface area contributed by atoms with E-state index in [9.17, 15) is 10.1 Å². The Bertz CT molecular complexity index is 849. The molecule has 0 saturated carbocycles. The minimum absolute atomic E-state index is 0.0528. The molecule has 2 aromatic rings. The fraction of sp³-hybridized carbons (Fsp3) is 0.222. The minimum Gasteiger partial charge on any atom is -0.376 e. The van der Waals surface area contributed by atoms with Crippen LogP contribution in [0.2, 0.25) is 10.0 Å². The molecule has 3 unspecified atom stereocenters. The van der Waals surface area contributed by atoms with E-state index in [1.54, 1.807) is 18.2 Å². The lowest BCUT2D eigenvalue weighted by Crippen LogP contribution is -2.29. The highest BCUT2D eigenvalue weighted by atomic mass is 35.5. The predicted molar refractivity (Wildman–Crippen MR) is 95.9 cm³/mol. The van der Waals surface area contributed by atoms with Crippen molar-refractivity contribution in [1.82, 2.24) is 0 Å². The molecule has 1 aliphatic carbocycles. The van der Waals surface area contributed by atoms with Crippen LogP contribution in [0.3, 0.4) is 0 Å². The number of hydrogen-bond donors (Lipinski definition) is 1. The largest absolute Gasteiger partial charge is 0.376 e. The predicted octanol–water partition coefficient (Wildman–Crippen LogP) is 5.73. The van der Waals surface area contributed by atoms with E-state index in [1.807, 2.05) is 18.2 Å². The van der Waals surface area contributed by atoms with Crippen LogP contribution in [0.1, 0.15) is 29.5 Å². The van der Waals surface area contributed by atoms with Gasteiger partial charge in [0.25, 0.3) is 5.69 Å². The van der Waals surface area contributed by atoms with Gasteiger partial charge in [0.15, 0.2) is 0 Å². The molecule has 1 N–H and O–H groups in total. The van der Waals surface area contributed by atoms with E-state index in [0.29, 0.717) is 16.0 Å². The summed E-state index contributed by atoms with van der Waals surface area (Å²) in [5, 5.41) is 15.6. The van der Waals surface area contributed by atoms with Gasteiger partial charge in [0.1, 0.15) is 0 Å². The lowest BCUT2D eigenvalue weighted by Gasteiger charge is -2.38. The maximum Gasteiger partial charge on any atom is 0.269 e. The van der Waals surface area contributed by atoms with Crippen LogP contribution in [0.15, 0.2) is 48.6 Å². The second-order valence-electron chi connectivity index (χ2n) is 6.18. The third-order valence-corrected chi connectivity index (χ3v) is 5.36. The summed E-state index contributed by atoms with van der Waals surface area (Å²) < 4.78 is 0. The van der Waals surface area contributed by atoms with Gasteiger partial charge in [-0.15, -0.1) is 0 Å². The van der Waals surface area contributed by atoms with E-state index >= 15 is 0 Å². The minimum atomic E-state index is -0.383. The van der Waals surface area contributed by atoms with E-state index in [1.165, 1.54) is 0 Å². The Morgan fingerprint density at radius 1 is 1.17 bits per heavy atom. The Labute approximate surface area is 149 Å². The molecule has 0 saturated heterocycles. The number of non-ortho nitro benzene ring substituents is 1. The first-order chi connectivity index (χ1) is 11.5. The molecule has 122 valence electrons. The van der Waals surface area contributed by atoms with E-state index in [0.717, 1.165) is 23.2 Å². The van der Waals surface area contributed by atoms with Crippen molar-refractivity contribution in [3.8, 4) is 0 Å². The first-order valence-corrected chi connectivity index (χ1v) is 8.46. The molecular formula is C18H14Cl2N2O2. The fourth-order valence-electron chi connectivity index (χ4n) is 3.75. The van der Waals surface area contributed by atoms with Crippen molar-refractivity contribution in [3.05, 3.63) is 79.8 Å². The Balaban J connectivity index is 1.76. The molecule has 3 atom stereocenters. The summed E-state index contributed by atoms with van der Waals surface area (Å²) in [6.45, 7) is 0. The number of nitro groups is 1. The van der Waals surface area contributed by atoms with Gasteiger partial charge in [0.2, 0.25) is 0 Å². The SMILES string of the molecule is O=[N+]([O-])c1ccc(C2Nc3c(Cl)cc(Cl)cc3C3C=CCC32)cc1. The molecule has 0 aromatic heterocycles. The van der Waals surface area contributed by atoms with Gasteiger partial charge >= 0.3 is 0 Å². The number of nitrogens with zero attached hydrogens (tertiary/aromatic N) is 1. The summed E-state index contributed by atoms with van der Waals surface area (Å²) in [5.74, 6) is 0.589. The third-order valence-electron chi connectivity index (χ3n) is 4.85. The van der Waals surface area contributed by atoms with Gasteiger partial charge in [0, 0.05) is 23.1 Å². The lowest BCUT2D eigenvalue weighted by molar-refractivity contribution is -0.384. The monoisotopic (exact) mass is 360 g/mol. The summed E-state index contributed by atoms with van der Waals surface area (Å²) in [7, 11) is 0. The second-order valence-corrected chi connectivity index (χ2v) is 7.02. The number of fused-ring (bicyclic) bond motifs is 3. The van der Waals surface area contributed by atoms with Crippen molar-refractivity contribution in [3.63, 3.8) is 0 Å². The number of hydrogen-bond acceptors (Lipinski definition) is 3. The van der Waals surface area contributed by atoms with Crippen LogP contribution in [0.4, 0.5) is 11.4 Å². The van der Waals surface area contributed by atoms with Crippen LogP contribution in [0.5, 0.6) is 0 Å². The van der Waals surface area contributed by atoms with Crippen LogP contribution in [0, 0.1) is 16.0 Å². The molecule has 0 amide bonds. The van der Waals surface area contributed by atoms with Gasteiger partial charge < -0.3 is 5.32 Å². The van der Waals surface area contributed by atoms with Gasteiger partial charge in [0.05, 0.1) is 21.7 Å². The lowest BCUT2D eigenvalue weighted by atomic mass is 9.77. The van der Waals surface area contributed by atoms with Gasteiger partial charge in [-0.1, -0.05) is 47.5 Å². The summed E-state index contributed by atoms with van der Waals surface area (Å²) in [6.07, 6.45) is 5.33. The number of rotatable bonds is 2. The molecule has 0 bridgehead atoms. The zero-order valence-corrected chi connectivity index (χ0v) is 14.1. The van der Waals surface area contributed by atoms with Crippen LogP contribution in [0.25, 0.3) is 0 Å². The number of nitro benzene ring substituents is 1.